The fourth-order valence-electron chi connectivity index (χ4n) is 3.00. The quantitative estimate of drug-likeness (QED) is 0.260. The number of aliphatic imine (C=N–C) groups is 2. The van der Waals surface area contributed by atoms with Crippen LogP contribution in [0.4, 0.5) is 11.4 Å². The Morgan fingerprint density at radius 1 is 0.545 bits per heavy atom. The van der Waals surface area contributed by atoms with Gasteiger partial charge in [-0.2, -0.15) is 0 Å². The van der Waals surface area contributed by atoms with Crippen molar-refractivity contribution in [2.45, 2.75) is 0 Å². The van der Waals surface area contributed by atoms with E-state index >= 15 is 0 Å². The monoisotopic (exact) mass is 438 g/mol. The molecule has 0 aliphatic heterocycles. The van der Waals surface area contributed by atoms with Crippen molar-refractivity contribution in [2.75, 3.05) is 6.79 Å². The molecular weight excluding hydrogens is 416 g/mol. The summed E-state index contributed by atoms with van der Waals surface area (Å²) in [4.78, 5) is 8.88. The molecule has 0 saturated heterocycles. The Balaban J connectivity index is 1.44. The number of rotatable bonds is 8. The summed E-state index contributed by atoms with van der Waals surface area (Å²) < 4.78 is 11.6. The highest BCUT2D eigenvalue weighted by atomic mass is 16.7. The van der Waals surface area contributed by atoms with E-state index in [0.29, 0.717) is 34.0 Å². The van der Waals surface area contributed by atoms with Crippen molar-refractivity contribution < 1.29 is 19.7 Å². The first-order chi connectivity index (χ1) is 16.2. The third-order valence-electron chi connectivity index (χ3n) is 4.72. The maximum absolute atomic E-state index is 9.92. The molecule has 0 heterocycles. The summed E-state index contributed by atoms with van der Waals surface area (Å²) in [5.41, 5.74) is 2.44. The third-order valence-corrected chi connectivity index (χ3v) is 4.72. The summed E-state index contributed by atoms with van der Waals surface area (Å²) in [6, 6.07) is 28.6. The van der Waals surface area contributed by atoms with Gasteiger partial charge in [-0.3, -0.25) is 9.98 Å². The normalized spacial score (nSPS) is 11.2. The zero-order valence-electron chi connectivity index (χ0n) is 17.7. The second-order valence-corrected chi connectivity index (χ2v) is 6.98. The van der Waals surface area contributed by atoms with Crippen LogP contribution in [0, 0.1) is 0 Å². The number of aromatic hydroxyl groups is 2. The Morgan fingerprint density at radius 3 is 1.39 bits per heavy atom. The van der Waals surface area contributed by atoms with Gasteiger partial charge in [-0.15, -0.1) is 0 Å². The fourth-order valence-corrected chi connectivity index (χ4v) is 3.00. The minimum Gasteiger partial charge on any atom is -0.507 e. The topological polar surface area (TPSA) is 83.6 Å². The van der Waals surface area contributed by atoms with Gasteiger partial charge in [0.1, 0.15) is 34.4 Å². The highest BCUT2D eigenvalue weighted by Crippen LogP contribution is 2.30. The first kappa shape index (κ1) is 21.6. The van der Waals surface area contributed by atoms with Crippen LogP contribution in [0.2, 0.25) is 0 Å². The van der Waals surface area contributed by atoms with Crippen LogP contribution in [-0.2, 0) is 0 Å². The molecule has 0 amide bonds. The van der Waals surface area contributed by atoms with Crippen LogP contribution in [0.3, 0.4) is 0 Å². The summed E-state index contributed by atoms with van der Waals surface area (Å²) in [5.74, 6) is 1.40. The average molecular weight is 438 g/mol. The van der Waals surface area contributed by atoms with Crippen LogP contribution in [0.15, 0.2) is 107 Å². The molecule has 4 rings (SSSR count). The molecule has 0 unspecified atom stereocenters. The minimum atomic E-state index is -0.0494. The van der Waals surface area contributed by atoms with E-state index in [0.717, 1.165) is 0 Å². The Kier molecular flexibility index (Phi) is 6.98. The van der Waals surface area contributed by atoms with Crippen molar-refractivity contribution >= 4 is 23.8 Å². The maximum atomic E-state index is 9.92. The number of phenolic OH excluding ortho intramolecular Hbond substituents is 2. The van der Waals surface area contributed by atoms with Gasteiger partial charge in [-0.05, 0) is 48.5 Å². The summed E-state index contributed by atoms with van der Waals surface area (Å²) in [7, 11) is 0. The lowest BCUT2D eigenvalue weighted by molar-refractivity contribution is 0.121. The Bertz CT molecular complexity index is 1190. The second-order valence-electron chi connectivity index (χ2n) is 6.98. The molecule has 4 aromatic rings. The van der Waals surface area contributed by atoms with Crippen molar-refractivity contribution in [1.82, 2.24) is 0 Å². The Hall–Kier alpha value is -4.58. The van der Waals surface area contributed by atoms with Crippen molar-refractivity contribution in [3.8, 4) is 23.0 Å². The minimum absolute atomic E-state index is 0.0494. The summed E-state index contributed by atoms with van der Waals surface area (Å²) in [6.07, 6.45) is 3.17. The molecule has 0 aliphatic carbocycles. The van der Waals surface area contributed by atoms with Crippen LogP contribution < -0.4 is 9.47 Å². The largest absolute Gasteiger partial charge is 0.507 e. The molecule has 0 fully saturated rings. The van der Waals surface area contributed by atoms with Gasteiger partial charge in [0.25, 0.3) is 0 Å². The van der Waals surface area contributed by atoms with E-state index in [1.165, 1.54) is 0 Å². The molecule has 0 atom stereocenters. The van der Waals surface area contributed by atoms with Crippen molar-refractivity contribution in [2.24, 2.45) is 9.98 Å². The SMILES string of the molecule is Oc1ccccc1C=Nc1ccccc1OCOc1ccccc1N=Cc1ccccc1O. The lowest BCUT2D eigenvalue weighted by Gasteiger charge is -2.11. The van der Waals surface area contributed by atoms with Gasteiger partial charge >= 0.3 is 0 Å². The van der Waals surface area contributed by atoms with E-state index < -0.39 is 0 Å². The third kappa shape index (κ3) is 5.77. The summed E-state index contributed by atoms with van der Waals surface area (Å²) in [6.45, 7) is -0.0494. The number of benzene rings is 4. The molecule has 0 saturated carbocycles. The zero-order valence-corrected chi connectivity index (χ0v) is 17.7. The highest BCUT2D eigenvalue weighted by Gasteiger charge is 2.05. The Labute approximate surface area is 191 Å². The van der Waals surface area contributed by atoms with Crippen molar-refractivity contribution in [1.29, 1.82) is 0 Å². The van der Waals surface area contributed by atoms with Gasteiger partial charge < -0.3 is 19.7 Å². The number of phenols is 2. The molecule has 4 aromatic carbocycles. The first-order valence-corrected chi connectivity index (χ1v) is 10.3. The zero-order chi connectivity index (χ0) is 22.9. The average Bonchev–Trinajstić information content (AvgIpc) is 2.84. The van der Waals surface area contributed by atoms with Gasteiger partial charge in [0.15, 0.2) is 0 Å². The van der Waals surface area contributed by atoms with Crippen LogP contribution in [0.1, 0.15) is 11.1 Å². The van der Waals surface area contributed by atoms with E-state index in [-0.39, 0.29) is 18.3 Å². The lowest BCUT2D eigenvalue weighted by atomic mass is 10.2. The van der Waals surface area contributed by atoms with Gasteiger partial charge in [-0.25, -0.2) is 0 Å². The van der Waals surface area contributed by atoms with Crippen LogP contribution in [0.5, 0.6) is 23.0 Å². The molecule has 6 heteroatoms. The molecule has 0 bridgehead atoms. The standard InChI is InChI=1S/C27H22N2O4/c30-24-13-5-1-9-20(24)17-28-22-11-3-7-15-26(22)32-19-33-27-16-8-4-12-23(27)29-18-21-10-2-6-14-25(21)31/h1-18,30-31H,19H2. The number of nitrogens with zero attached hydrogens (tertiary/aromatic N) is 2. The van der Waals surface area contributed by atoms with Gasteiger partial charge in [0, 0.05) is 23.6 Å². The van der Waals surface area contributed by atoms with Crippen LogP contribution >= 0.6 is 0 Å². The molecule has 0 radical (unpaired) electrons. The van der Waals surface area contributed by atoms with Crippen molar-refractivity contribution in [3.63, 3.8) is 0 Å². The lowest BCUT2D eigenvalue weighted by Crippen LogP contribution is -2.05. The predicted octanol–water partition coefficient (Wildman–Crippen LogP) is 6.01. The number of hydrogen-bond acceptors (Lipinski definition) is 6. The van der Waals surface area contributed by atoms with Crippen LogP contribution in [-0.4, -0.2) is 29.4 Å². The summed E-state index contributed by atoms with van der Waals surface area (Å²) >= 11 is 0. The molecule has 6 nitrogen and oxygen atoms in total. The second kappa shape index (κ2) is 10.6. The molecule has 0 aromatic heterocycles. The van der Waals surface area contributed by atoms with E-state index in [1.807, 2.05) is 48.5 Å². The van der Waals surface area contributed by atoms with E-state index in [2.05, 4.69) is 9.98 Å². The van der Waals surface area contributed by atoms with Gasteiger partial charge in [-0.1, -0.05) is 48.5 Å². The van der Waals surface area contributed by atoms with E-state index in [9.17, 15) is 10.2 Å². The van der Waals surface area contributed by atoms with Crippen LogP contribution in [0.25, 0.3) is 0 Å². The smallest absolute Gasteiger partial charge is 0.231 e. The van der Waals surface area contributed by atoms with E-state index in [1.54, 1.807) is 61.0 Å². The highest BCUT2D eigenvalue weighted by molar-refractivity contribution is 5.86. The Morgan fingerprint density at radius 2 is 0.939 bits per heavy atom. The molecule has 2 N–H and O–H groups in total. The predicted molar refractivity (Wildman–Crippen MR) is 130 cm³/mol. The summed E-state index contributed by atoms with van der Waals surface area (Å²) in [5, 5.41) is 19.8. The number of para-hydroxylation sites is 6. The molecule has 0 aliphatic rings. The molecule has 0 spiro atoms. The van der Waals surface area contributed by atoms with Gasteiger partial charge in [0.05, 0.1) is 0 Å². The number of hydrogen-bond donors (Lipinski definition) is 2. The molecule has 164 valence electrons. The van der Waals surface area contributed by atoms with Gasteiger partial charge in [0.2, 0.25) is 6.79 Å². The van der Waals surface area contributed by atoms with Crippen molar-refractivity contribution in [3.05, 3.63) is 108 Å². The fraction of sp³-hybridized carbons (Fsp3) is 0.0370. The maximum Gasteiger partial charge on any atom is 0.231 e. The molecular formula is C27H22N2O4. The first-order valence-electron chi connectivity index (χ1n) is 10.3. The number of ether oxygens (including phenoxy) is 2. The van der Waals surface area contributed by atoms with E-state index in [4.69, 9.17) is 9.47 Å². The molecule has 33 heavy (non-hydrogen) atoms.